The second-order valence-corrected chi connectivity index (χ2v) is 20.0. The summed E-state index contributed by atoms with van der Waals surface area (Å²) in [6.45, 7) is 4.84. The van der Waals surface area contributed by atoms with Crippen LogP contribution in [0.25, 0.3) is 0 Å². The van der Waals surface area contributed by atoms with Crippen LogP contribution in [-0.2, 0) is 14.3 Å². The van der Waals surface area contributed by atoms with Gasteiger partial charge in [0.05, 0.1) is 25.4 Å². The molecule has 3 N–H and O–H groups in total. The summed E-state index contributed by atoms with van der Waals surface area (Å²) < 4.78 is 5.46. The number of allylic oxidation sites excluding steroid dienone is 5. The quantitative estimate of drug-likeness (QED) is 0.0321. The Morgan fingerprint density at radius 1 is 0.424 bits per heavy atom. The van der Waals surface area contributed by atoms with Gasteiger partial charge in [-0.2, -0.15) is 0 Å². The van der Waals surface area contributed by atoms with E-state index < -0.39 is 12.1 Å². The Kier molecular flexibility index (Phi) is 54.1. The van der Waals surface area contributed by atoms with Crippen LogP contribution >= 0.6 is 0 Å². The van der Waals surface area contributed by atoms with Crippen LogP contribution in [0.1, 0.15) is 309 Å². The van der Waals surface area contributed by atoms with Gasteiger partial charge in [-0.3, -0.25) is 9.59 Å². The summed E-state index contributed by atoms with van der Waals surface area (Å²) in [4.78, 5) is 24.5. The number of unbranched alkanes of at least 4 members (excludes halogenated alkanes) is 39. The molecule has 0 saturated heterocycles. The predicted octanol–water partition coefficient (Wildman–Crippen LogP) is 18.0. The summed E-state index contributed by atoms with van der Waals surface area (Å²) >= 11 is 0. The number of carbonyl (C=O) groups is 2. The molecule has 0 aliphatic heterocycles. The summed E-state index contributed by atoms with van der Waals surface area (Å²) in [5, 5.41) is 23.1. The number of hydrogen-bond acceptors (Lipinski definition) is 5. The van der Waals surface area contributed by atoms with Gasteiger partial charge in [-0.1, -0.05) is 275 Å². The highest BCUT2D eigenvalue weighted by Crippen LogP contribution is 2.17. The van der Waals surface area contributed by atoms with Crippen LogP contribution in [0.15, 0.2) is 36.5 Å². The number of hydrogen-bond donors (Lipinski definition) is 3. The third kappa shape index (κ3) is 51.5. The third-order valence-electron chi connectivity index (χ3n) is 13.4. The molecular weight excluding hydrogens is 815 g/mol. The molecule has 2 atom stereocenters. The van der Waals surface area contributed by atoms with Crippen LogP contribution in [0, 0.1) is 0 Å². The summed E-state index contributed by atoms with van der Waals surface area (Å²) in [6, 6.07) is -0.630. The van der Waals surface area contributed by atoms with Gasteiger partial charge in [0.2, 0.25) is 5.91 Å². The Labute approximate surface area is 411 Å². The lowest BCUT2D eigenvalue weighted by molar-refractivity contribution is -0.143. The fourth-order valence-electron chi connectivity index (χ4n) is 8.91. The average molecular weight is 929 g/mol. The number of aliphatic hydroxyl groups is 2. The molecule has 0 saturated carbocycles. The molecule has 1 amide bonds. The number of aliphatic hydroxyl groups excluding tert-OH is 2. The molecule has 0 rings (SSSR count). The van der Waals surface area contributed by atoms with Crippen molar-refractivity contribution < 1.29 is 24.5 Å². The standard InChI is InChI=1S/C60H113NO5/c1-3-5-7-9-11-13-15-17-18-25-29-32-36-40-44-48-52-58(63)57(56-62)61-59(64)53-49-45-41-37-33-30-26-23-21-19-20-22-24-27-31-35-39-43-47-51-55-66-60(65)54-50-46-42-38-34-28-16-14-12-10-8-6-4-2/h8,10,14,16,48,52,57-58,62-63H,3-7,9,11-13,15,17-47,49-51,53-56H2,1-2H3,(H,61,64)/b10-8-,16-14-,52-48+. The molecule has 0 radical (unpaired) electrons. The Morgan fingerprint density at radius 3 is 1.21 bits per heavy atom. The molecule has 6 nitrogen and oxygen atoms in total. The first kappa shape index (κ1) is 64.1. The van der Waals surface area contributed by atoms with E-state index >= 15 is 0 Å². The molecule has 0 aromatic heterocycles. The van der Waals surface area contributed by atoms with Crippen molar-refractivity contribution in [3.8, 4) is 0 Å². The third-order valence-corrected chi connectivity index (χ3v) is 13.4. The van der Waals surface area contributed by atoms with Gasteiger partial charge in [-0.05, 0) is 57.8 Å². The minimum atomic E-state index is -0.846. The first-order valence-electron chi connectivity index (χ1n) is 29.3. The number of amides is 1. The molecule has 0 aromatic rings. The smallest absolute Gasteiger partial charge is 0.305 e. The highest BCUT2D eigenvalue weighted by atomic mass is 16.5. The van der Waals surface area contributed by atoms with Gasteiger partial charge in [0.15, 0.2) is 0 Å². The summed E-state index contributed by atoms with van der Waals surface area (Å²) in [6.07, 6.45) is 68.8. The van der Waals surface area contributed by atoms with E-state index in [1.165, 1.54) is 231 Å². The maximum absolute atomic E-state index is 12.5. The van der Waals surface area contributed by atoms with Crippen LogP contribution in [0.4, 0.5) is 0 Å². The normalized spacial score (nSPS) is 12.8. The maximum Gasteiger partial charge on any atom is 0.305 e. The van der Waals surface area contributed by atoms with Crippen LogP contribution < -0.4 is 5.32 Å². The van der Waals surface area contributed by atoms with Crippen LogP contribution in [0.2, 0.25) is 0 Å². The molecule has 66 heavy (non-hydrogen) atoms. The number of esters is 1. The molecule has 0 heterocycles. The lowest BCUT2D eigenvalue weighted by Gasteiger charge is -2.20. The fraction of sp³-hybridized carbons (Fsp3) is 0.867. The van der Waals surface area contributed by atoms with Gasteiger partial charge in [0.1, 0.15) is 0 Å². The Bertz CT molecular complexity index is 1070. The van der Waals surface area contributed by atoms with Crippen molar-refractivity contribution in [2.24, 2.45) is 0 Å². The second-order valence-electron chi connectivity index (χ2n) is 20.0. The van der Waals surface area contributed by atoms with E-state index in [4.69, 9.17) is 4.74 Å². The summed E-state index contributed by atoms with van der Waals surface area (Å²) in [7, 11) is 0. The van der Waals surface area contributed by atoms with E-state index in [0.29, 0.717) is 19.4 Å². The molecule has 0 fully saturated rings. The molecular formula is C60H113NO5. The van der Waals surface area contributed by atoms with E-state index in [2.05, 4.69) is 43.5 Å². The van der Waals surface area contributed by atoms with Gasteiger partial charge in [0.25, 0.3) is 0 Å². The van der Waals surface area contributed by atoms with E-state index in [1.54, 1.807) is 6.08 Å². The molecule has 0 aliphatic carbocycles. The predicted molar refractivity (Wildman–Crippen MR) is 287 cm³/mol. The summed E-state index contributed by atoms with van der Waals surface area (Å²) in [5.74, 6) is -0.0746. The van der Waals surface area contributed by atoms with Crippen LogP contribution in [0.3, 0.4) is 0 Å². The van der Waals surface area contributed by atoms with Crippen molar-refractivity contribution in [2.45, 2.75) is 321 Å². The van der Waals surface area contributed by atoms with Crippen molar-refractivity contribution >= 4 is 11.9 Å². The number of nitrogens with one attached hydrogen (secondary N) is 1. The van der Waals surface area contributed by atoms with Gasteiger partial charge in [-0.15, -0.1) is 0 Å². The second kappa shape index (κ2) is 55.7. The lowest BCUT2D eigenvalue weighted by atomic mass is 10.0. The van der Waals surface area contributed by atoms with Crippen molar-refractivity contribution in [2.75, 3.05) is 13.2 Å². The molecule has 388 valence electrons. The van der Waals surface area contributed by atoms with Gasteiger partial charge >= 0.3 is 5.97 Å². The first-order valence-corrected chi connectivity index (χ1v) is 29.3. The minimum Gasteiger partial charge on any atom is -0.466 e. The zero-order valence-corrected chi connectivity index (χ0v) is 44.2. The topological polar surface area (TPSA) is 95.9 Å². The van der Waals surface area contributed by atoms with E-state index in [1.807, 2.05) is 6.08 Å². The molecule has 2 unspecified atom stereocenters. The van der Waals surface area contributed by atoms with Gasteiger partial charge < -0.3 is 20.3 Å². The van der Waals surface area contributed by atoms with E-state index in [0.717, 1.165) is 51.4 Å². The highest BCUT2D eigenvalue weighted by Gasteiger charge is 2.18. The molecule has 6 heteroatoms. The fourth-order valence-corrected chi connectivity index (χ4v) is 8.91. The maximum atomic E-state index is 12.5. The largest absolute Gasteiger partial charge is 0.466 e. The van der Waals surface area contributed by atoms with Crippen molar-refractivity contribution in [3.05, 3.63) is 36.5 Å². The number of carbonyl (C=O) groups excluding carboxylic acids is 2. The van der Waals surface area contributed by atoms with Crippen molar-refractivity contribution in [3.63, 3.8) is 0 Å². The van der Waals surface area contributed by atoms with Crippen molar-refractivity contribution in [1.29, 1.82) is 0 Å². The zero-order valence-electron chi connectivity index (χ0n) is 44.2. The molecule has 0 aliphatic rings. The average Bonchev–Trinajstić information content (AvgIpc) is 3.32. The molecule has 0 bridgehead atoms. The van der Waals surface area contributed by atoms with Crippen LogP contribution in [0.5, 0.6) is 0 Å². The molecule has 0 aromatic carbocycles. The molecule has 0 spiro atoms. The minimum absolute atomic E-state index is 0.00560. The SMILES string of the molecule is CCC/C=C\C/C=C\CCCCCCCC(=O)OCCCCCCCCCCCCCCCCCCCCCCC(=O)NC(CO)C(O)/C=C/CCCCCCCCCCCCCCCC. The zero-order chi connectivity index (χ0) is 47.9. The summed E-state index contributed by atoms with van der Waals surface area (Å²) in [5.41, 5.74) is 0. The number of rotatable bonds is 54. The van der Waals surface area contributed by atoms with Crippen molar-refractivity contribution in [1.82, 2.24) is 5.32 Å². The van der Waals surface area contributed by atoms with Gasteiger partial charge in [-0.25, -0.2) is 0 Å². The first-order chi connectivity index (χ1) is 32.5. The highest BCUT2D eigenvalue weighted by molar-refractivity contribution is 5.76. The Morgan fingerprint density at radius 2 is 0.788 bits per heavy atom. The lowest BCUT2D eigenvalue weighted by Crippen LogP contribution is -2.45. The van der Waals surface area contributed by atoms with Gasteiger partial charge in [0, 0.05) is 12.8 Å². The Hall–Kier alpha value is -1.92. The number of ether oxygens (including phenoxy) is 1. The Balaban J connectivity index is 3.43. The van der Waals surface area contributed by atoms with E-state index in [9.17, 15) is 19.8 Å². The van der Waals surface area contributed by atoms with E-state index in [-0.39, 0.29) is 18.5 Å². The monoisotopic (exact) mass is 928 g/mol. The van der Waals surface area contributed by atoms with Crippen LogP contribution in [-0.4, -0.2) is 47.4 Å².